The number of carbonyl (C=O) groups excluding carboxylic acids is 1. The maximum absolute atomic E-state index is 12.1. The molecule has 6 nitrogen and oxygen atoms in total. The third-order valence-electron chi connectivity index (χ3n) is 8.39. The first-order chi connectivity index (χ1) is 20.3. The zero-order valence-corrected chi connectivity index (χ0v) is 24.0. The van der Waals surface area contributed by atoms with Crippen LogP contribution >= 0.6 is 0 Å². The van der Waals surface area contributed by atoms with Gasteiger partial charge >= 0.3 is 5.97 Å². The standard InChI is InChI=1S/C36H33N3O3/c1-24(34(35(41)42)37-39(23-40)27-11-5-4-6-12-27)20-25-15-18-33-26(21-25)10-9-19-38(33)28-16-17-30-29-13-7-8-14-31(29)36(2,3)32(30)22-28/h4-8,11-18,20-23H,9-10,19H2,1-3H3,(H,41,42)/b24-20+,37-34+. The second kappa shape index (κ2) is 10.8. The molecule has 0 fully saturated rings. The number of hydrazone groups is 1. The summed E-state index contributed by atoms with van der Waals surface area (Å²) in [5.74, 6) is -1.20. The zero-order chi connectivity index (χ0) is 29.4. The number of amides is 1. The number of carboxylic acid groups (broad SMARTS) is 1. The van der Waals surface area contributed by atoms with E-state index in [-0.39, 0.29) is 11.1 Å². The first-order valence-electron chi connectivity index (χ1n) is 14.2. The van der Waals surface area contributed by atoms with Crippen LogP contribution in [0.2, 0.25) is 0 Å². The highest BCUT2D eigenvalue weighted by Gasteiger charge is 2.35. The van der Waals surface area contributed by atoms with Crippen molar-refractivity contribution in [3.8, 4) is 11.1 Å². The monoisotopic (exact) mass is 555 g/mol. The van der Waals surface area contributed by atoms with E-state index in [1.165, 1.54) is 39.2 Å². The van der Waals surface area contributed by atoms with Crippen molar-refractivity contribution < 1.29 is 14.7 Å². The van der Waals surface area contributed by atoms with Crippen molar-refractivity contribution in [1.29, 1.82) is 0 Å². The Morgan fingerprint density at radius 3 is 2.43 bits per heavy atom. The van der Waals surface area contributed by atoms with E-state index in [4.69, 9.17) is 0 Å². The largest absolute Gasteiger partial charge is 0.476 e. The van der Waals surface area contributed by atoms with Gasteiger partial charge in [0.25, 0.3) is 0 Å². The molecule has 1 amide bonds. The van der Waals surface area contributed by atoms with Crippen LogP contribution in [0.4, 0.5) is 17.1 Å². The molecule has 0 saturated carbocycles. The summed E-state index contributed by atoms with van der Waals surface area (Å²) in [6.07, 6.45) is 4.29. The molecule has 4 aromatic carbocycles. The molecule has 0 radical (unpaired) electrons. The van der Waals surface area contributed by atoms with Crippen LogP contribution in [-0.4, -0.2) is 29.7 Å². The number of nitrogens with zero attached hydrogens (tertiary/aromatic N) is 3. The summed E-state index contributed by atoms with van der Waals surface area (Å²) in [5, 5.41) is 15.1. The zero-order valence-electron chi connectivity index (χ0n) is 24.0. The van der Waals surface area contributed by atoms with Gasteiger partial charge in [0.15, 0.2) is 5.71 Å². The molecule has 42 heavy (non-hydrogen) atoms. The predicted molar refractivity (Wildman–Crippen MR) is 169 cm³/mol. The average molecular weight is 556 g/mol. The Balaban J connectivity index is 1.31. The number of carbonyl (C=O) groups is 2. The van der Waals surface area contributed by atoms with E-state index >= 15 is 0 Å². The van der Waals surface area contributed by atoms with E-state index < -0.39 is 5.97 Å². The molecule has 6 heteroatoms. The summed E-state index contributed by atoms with van der Waals surface area (Å²) in [7, 11) is 0. The minimum atomic E-state index is -1.20. The number of anilines is 3. The van der Waals surface area contributed by atoms with E-state index in [2.05, 4.69) is 78.4 Å². The molecule has 0 atom stereocenters. The molecular weight excluding hydrogens is 522 g/mol. The molecule has 0 aromatic heterocycles. The van der Waals surface area contributed by atoms with Crippen molar-refractivity contribution in [2.75, 3.05) is 16.5 Å². The number of carboxylic acids is 1. The lowest BCUT2D eigenvalue weighted by Gasteiger charge is -2.33. The van der Waals surface area contributed by atoms with Crippen LogP contribution in [0, 0.1) is 0 Å². The minimum Gasteiger partial charge on any atom is -0.476 e. The van der Waals surface area contributed by atoms with Crippen LogP contribution < -0.4 is 9.91 Å². The van der Waals surface area contributed by atoms with Crippen molar-refractivity contribution in [3.05, 3.63) is 119 Å². The van der Waals surface area contributed by atoms with Gasteiger partial charge in [-0.05, 0) is 101 Å². The van der Waals surface area contributed by atoms with E-state index in [0.29, 0.717) is 17.7 Å². The number of fused-ring (bicyclic) bond motifs is 4. The lowest BCUT2D eigenvalue weighted by Crippen LogP contribution is -2.25. The number of hydrogen-bond donors (Lipinski definition) is 1. The Kier molecular flexibility index (Phi) is 6.99. The van der Waals surface area contributed by atoms with Gasteiger partial charge in [-0.2, -0.15) is 5.10 Å². The average Bonchev–Trinajstić information content (AvgIpc) is 3.23. The second-order valence-corrected chi connectivity index (χ2v) is 11.4. The van der Waals surface area contributed by atoms with Crippen molar-refractivity contribution in [2.24, 2.45) is 5.10 Å². The minimum absolute atomic E-state index is 0.0595. The first-order valence-corrected chi connectivity index (χ1v) is 14.2. The maximum atomic E-state index is 12.1. The summed E-state index contributed by atoms with van der Waals surface area (Å²) in [6.45, 7) is 7.24. The molecule has 0 saturated heterocycles. The van der Waals surface area contributed by atoms with Gasteiger partial charge in [0.1, 0.15) is 0 Å². The van der Waals surface area contributed by atoms with Gasteiger partial charge in [-0.25, -0.2) is 9.80 Å². The van der Waals surface area contributed by atoms with E-state index in [0.717, 1.165) is 30.0 Å². The van der Waals surface area contributed by atoms with Crippen LogP contribution in [-0.2, 0) is 21.4 Å². The van der Waals surface area contributed by atoms with Crippen LogP contribution in [0.3, 0.4) is 0 Å². The van der Waals surface area contributed by atoms with Crippen molar-refractivity contribution >= 4 is 41.2 Å². The van der Waals surface area contributed by atoms with Crippen LogP contribution in [0.1, 0.15) is 49.4 Å². The molecular formula is C36H33N3O3. The van der Waals surface area contributed by atoms with Crippen LogP contribution in [0.15, 0.2) is 102 Å². The van der Waals surface area contributed by atoms with Gasteiger partial charge in [0.2, 0.25) is 6.41 Å². The number of aliphatic carboxylic acids is 1. The highest BCUT2D eigenvalue weighted by molar-refractivity contribution is 6.43. The Morgan fingerprint density at radius 1 is 0.929 bits per heavy atom. The fraction of sp³-hybridized carbons (Fsp3) is 0.194. The van der Waals surface area contributed by atoms with Gasteiger partial charge in [-0.3, -0.25) is 4.79 Å². The Labute approximate surface area is 246 Å². The number of aryl methyl sites for hydroxylation is 1. The van der Waals surface area contributed by atoms with Gasteiger partial charge in [-0.1, -0.05) is 68.4 Å². The SMILES string of the molecule is CC(=C\c1ccc2c(c1)CCCN2c1ccc2c(c1)C(C)(C)c1ccccc1-2)/C(=N\N(C=O)c1ccccc1)C(=O)O. The fourth-order valence-electron chi connectivity index (χ4n) is 6.27. The van der Waals surface area contributed by atoms with E-state index in [1.807, 2.05) is 18.2 Å². The van der Waals surface area contributed by atoms with Crippen molar-refractivity contribution in [2.45, 2.75) is 39.0 Å². The molecule has 1 heterocycles. The molecule has 0 spiro atoms. The summed E-state index contributed by atoms with van der Waals surface area (Å²) in [6, 6.07) is 30.6. The summed E-state index contributed by atoms with van der Waals surface area (Å²) >= 11 is 0. The smallest absolute Gasteiger partial charge is 0.356 e. The van der Waals surface area contributed by atoms with Gasteiger partial charge in [-0.15, -0.1) is 0 Å². The lowest BCUT2D eigenvalue weighted by molar-refractivity contribution is -0.129. The van der Waals surface area contributed by atoms with Crippen molar-refractivity contribution in [1.82, 2.24) is 0 Å². The topological polar surface area (TPSA) is 73.2 Å². The van der Waals surface area contributed by atoms with Crippen LogP contribution in [0.5, 0.6) is 0 Å². The Hall–Kier alpha value is -4.97. The first kappa shape index (κ1) is 27.2. The number of para-hydroxylation sites is 1. The number of benzene rings is 4. The number of rotatable bonds is 7. The Bertz CT molecular complexity index is 1750. The molecule has 1 aliphatic heterocycles. The molecule has 210 valence electrons. The molecule has 0 bridgehead atoms. The third-order valence-corrected chi connectivity index (χ3v) is 8.39. The van der Waals surface area contributed by atoms with Gasteiger partial charge in [0.05, 0.1) is 5.69 Å². The Morgan fingerprint density at radius 2 is 1.67 bits per heavy atom. The summed E-state index contributed by atoms with van der Waals surface area (Å²) in [4.78, 5) is 26.2. The molecule has 1 aliphatic carbocycles. The highest BCUT2D eigenvalue weighted by Crippen LogP contribution is 2.50. The van der Waals surface area contributed by atoms with Gasteiger partial charge < -0.3 is 10.0 Å². The fourth-order valence-corrected chi connectivity index (χ4v) is 6.27. The maximum Gasteiger partial charge on any atom is 0.356 e. The lowest BCUT2D eigenvalue weighted by atomic mass is 9.82. The summed E-state index contributed by atoms with van der Waals surface area (Å²) in [5.41, 5.74) is 10.5. The normalized spacial score (nSPS) is 15.5. The number of hydrogen-bond acceptors (Lipinski definition) is 4. The van der Waals surface area contributed by atoms with Crippen LogP contribution in [0.25, 0.3) is 17.2 Å². The van der Waals surface area contributed by atoms with E-state index in [9.17, 15) is 14.7 Å². The quantitative estimate of drug-likeness (QED) is 0.145. The van der Waals surface area contributed by atoms with Crippen molar-refractivity contribution in [3.63, 3.8) is 0 Å². The molecule has 4 aromatic rings. The second-order valence-electron chi connectivity index (χ2n) is 11.4. The molecule has 1 N–H and O–H groups in total. The molecule has 0 unspecified atom stereocenters. The molecule has 2 aliphatic rings. The summed E-state index contributed by atoms with van der Waals surface area (Å²) < 4.78 is 0. The predicted octanol–water partition coefficient (Wildman–Crippen LogP) is 7.58. The third kappa shape index (κ3) is 4.79. The highest BCUT2D eigenvalue weighted by atomic mass is 16.4. The van der Waals surface area contributed by atoms with E-state index in [1.54, 1.807) is 31.2 Å². The molecule has 6 rings (SSSR count). The van der Waals surface area contributed by atoms with Gasteiger partial charge in [0, 0.05) is 23.3 Å².